The molecule has 0 spiro atoms. The first-order valence-corrected chi connectivity index (χ1v) is 9.44. The Balaban J connectivity index is 1.98. The number of thioether (sulfide) groups is 1. The molecule has 1 N–H and O–H groups in total. The first-order valence-electron chi connectivity index (χ1n) is 7.33. The van der Waals surface area contributed by atoms with Crippen molar-refractivity contribution in [3.05, 3.63) is 58.4 Å². The number of benzene rings is 1. The largest absolute Gasteiger partial charge is 0.319 e. The highest BCUT2D eigenvalue weighted by atomic mass is 32.2. The lowest BCUT2D eigenvalue weighted by Gasteiger charge is -2.12. The van der Waals surface area contributed by atoms with Gasteiger partial charge >= 0.3 is 0 Å². The molecule has 4 nitrogen and oxygen atoms in total. The second-order valence-electron chi connectivity index (χ2n) is 5.17. The molecule has 0 unspecified atom stereocenters. The molecule has 134 valence electrons. The summed E-state index contributed by atoms with van der Waals surface area (Å²) in [6.07, 6.45) is 1.74. The fraction of sp³-hybridized carbons (Fsp3) is 0.118. The van der Waals surface area contributed by atoms with Crippen LogP contribution in [0.25, 0.3) is 10.7 Å². The van der Waals surface area contributed by atoms with Crippen LogP contribution in [0.4, 0.5) is 18.9 Å². The molecule has 0 atom stereocenters. The molecule has 0 aliphatic rings. The smallest absolute Gasteiger partial charge is 0.260 e. The van der Waals surface area contributed by atoms with Crippen molar-refractivity contribution in [2.24, 2.45) is 0 Å². The van der Waals surface area contributed by atoms with E-state index in [4.69, 9.17) is 0 Å². The minimum Gasteiger partial charge on any atom is -0.319 e. The van der Waals surface area contributed by atoms with E-state index in [2.05, 4.69) is 15.3 Å². The predicted molar refractivity (Wildman–Crippen MR) is 96.1 cm³/mol. The second kappa shape index (κ2) is 7.46. The van der Waals surface area contributed by atoms with Gasteiger partial charge in [-0.3, -0.25) is 4.79 Å². The Labute approximate surface area is 155 Å². The maximum atomic E-state index is 13.8. The molecule has 0 radical (unpaired) electrons. The van der Waals surface area contributed by atoms with E-state index < -0.39 is 29.0 Å². The number of hydrogen-bond donors (Lipinski definition) is 1. The molecule has 26 heavy (non-hydrogen) atoms. The summed E-state index contributed by atoms with van der Waals surface area (Å²) in [5.74, 6) is -4.65. The van der Waals surface area contributed by atoms with E-state index in [0.717, 1.165) is 17.0 Å². The molecule has 2 aromatic heterocycles. The van der Waals surface area contributed by atoms with Crippen molar-refractivity contribution in [1.82, 2.24) is 9.97 Å². The maximum absolute atomic E-state index is 13.8. The molecule has 0 saturated heterocycles. The predicted octanol–water partition coefficient (Wildman–Crippen LogP) is 4.91. The minimum absolute atomic E-state index is 0.155. The number of carbonyl (C=O) groups excluding carboxylic acids is 1. The van der Waals surface area contributed by atoms with E-state index in [1.807, 2.05) is 17.5 Å². The summed E-state index contributed by atoms with van der Waals surface area (Å²) >= 11 is 2.70. The van der Waals surface area contributed by atoms with Crippen LogP contribution in [-0.4, -0.2) is 22.1 Å². The molecular weight excluding hydrogens is 383 g/mol. The normalized spacial score (nSPS) is 10.8. The summed E-state index contributed by atoms with van der Waals surface area (Å²) in [5, 5.41) is 4.55. The lowest BCUT2D eigenvalue weighted by molar-refractivity contribution is 0.102. The standard InChI is InChI=1S/C17H12F3N3OS2/c1-8-12(16(24)22-10-6-5-9(18)13(19)14(10)20)17(25-2)23-15(21-8)11-4-3-7-26-11/h3-7H,1-2H3,(H,22,24). The van der Waals surface area contributed by atoms with Gasteiger partial charge in [0.25, 0.3) is 5.91 Å². The Morgan fingerprint density at radius 3 is 2.58 bits per heavy atom. The Morgan fingerprint density at radius 2 is 1.92 bits per heavy atom. The van der Waals surface area contributed by atoms with E-state index in [9.17, 15) is 18.0 Å². The second-order valence-corrected chi connectivity index (χ2v) is 6.91. The number of thiophene rings is 1. The van der Waals surface area contributed by atoms with Gasteiger partial charge in [0.1, 0.15) is 5.03 Å². The third-order valence-corrected chi connectivity index (χ3v) is 5.05. The fourth-order valence-corrected chi connectivity index (χ4v) is 3.56. The van der Waals surface area contributed by atoms with Gasteiger partial charge in [-0.25, -0.2) is 23.1 Å². The highest BCUT2D eigenvalue weighted by Crippen LogP contribution is 2.28. The maximum Gasteiger partial charge on any atom is 0.260 e. The number of anilines is 1. The summed E-state index contributed by atoms with van der Waals surface area (Å²) in [7, 11) is 0. The topological polar surface area (TPSA) is 54.9 Å². The number of nitrogens with zero attached hydrogens (tertiary/aromatic N) is 2. The van der Waals surface area contributed by atoms with Crippen molar-refractivity contribution >= 4 is 34.7 Å². The van der Waals surface area contributed by atoms with Gasteiger partial charge in [-0.1, -0.05) is 6.07 Å². The average molecular weight is 395 g/mol. The van der Waals surface area contributed by atoms with Crippen LogP contribution in [0.1, 0.15) is 16.1 Å². The van der Waals surface area contributed by atoms with Crippen LogP contribution in [0.15, 0.2) is 34.7 Å². The highest BCUT2D eigenvalue weighted by molar-refractivity contribution is 7.98. The van der Waals surface area contributed by atoms with E-state index in [1.54, 1.807) is 13.2 Å². The van der Waals surface area contributed by atoms with Crippen LogP contribution < -0.4 is 5.32 Å². The fourth-order valence-electron chi connectivity index (χ4n) is 2.28. The van der Waals surface area contributed by atoms with Crippen molar-refractivity contribution in [3.8, 4) is 10.7 Å². The lowest BCUT2D eigenvalue weighted by Crippen LogP contribution is -2.18. The van der Waals surface area contributed by atoms with Gasteiger partial charge < -0.3 is 5.32 Å². The first kappa shape index (κ1) is 18.4. The van der Waals surface area contributed by atoms with Gasteiger partial charge in [0.05, 0.1) is 21.8 Å². The van der Waals surface area contributed by atoms with Crippen LogP contribution in [0, 0.1) is 24.4 Å². The third-order valence-electron chi connectivity index (χ3n) is 3.50. The van der Waals surface area contributed by atoms with Gasteiger partial charge in [-0.15, -0.1) is 23.1 Å². The van der Waals surface area contributed by atoms with Gasteiger partial charge in [0, 0.05) is 0 Å². The van der Waals surface area contributed by atoms with E-state index in [1.165, 1.54) is 23.1 Å². The number of nitrogens with one attached hydrogen (secondary N) is 1. The SMILES string of the molecule is CSc1nc(-c2cccs2)nc(C)c1C(=O)Nc1ccc(F)c(F)c1F. The molecule has 9 heteroatoms. The molecule has 3 rings (SSSR count). The number of aryl methyl sites for hydroxylation is 1. The zero-order chi connectivity index (χ0) is 18.8. The van der Waals surface area contributed by atoms with E-state index in [0.29, 0.717) is 16.5 Å². The van der Waals surface area contributed by atoms with Gasteiger partial charge in [0.15, 0.2) is 23.3 Å². The monoisotopic (exact) mass is 395 g/mol. The zero-order valence-corrected chi connectivity index (χ0v) is 15.3. The molecular formula is C17H12F3N3OS2. The Hall–Kier alpha value is -2.39. The Bertz CT molecular complexity index is 978. The number of aromatic nitrogens is 2. The molecule has 0 aliphatic heterocycles. The number of carbonyl (C=O) groups is 1. The molecule has 0 aliphatic carbocycles. The van der Waals surface area contributed by atoms with Crippen LogP contribution >= 0.6 is 23.1 Å². The number of hydrogen-bond acceptors (Lipinski definition) is 5. The van der Waals surface area contributed by atoms with Crippen LogP contribution in [-0.2, 0) is 0 Å². The van der Waals surface area contributed by atoms with Crippen LogP contribution in [0.2, 0.25) is 0 Å². The molecule has 0 fully saturated rings. The number of rotatable bonds is 4. The molecule has 0 bridgehead atoms. The van der Waals surface area contributed by atoms with Gasteiger partial charge in [0.2, 0.25) is 0 Å². The lowest BCUT2D eigenvalue weighted by atomic mass is 10.2. The number of amides is 1. The van der Waals surface area contributed by atoms with Crippen molar-refractivity contribution in [1.29, 1.82) is 0 Å². The molecule has 1 amide bonds. The van der Waals surface area contributed by atoms with Gasteiger partial charge in [-0.2, -0.15) is 0 Å². The summed E-state index contributed by atoms with van der Waals surface area (Å²) in [5.41, 5.74) is 0.0952. The number of halogens is 3. The molecule has 0 saturated carbocycles. The minimum atomic E-state index is -1.64. The van der Waals surface area contributed by atoms with E-state index >= 15 is 0 Å². The average Bonchev–Trinajstić information content (AvgIpc) is 3.16. The first-order chi connectivity index (χ1) is 12.4. The summed E-state index contributed by atoms with van der Waals surface area (Å²) < 4.78 is 40.2. The molecule has 1 aromatic carbocycles. The van der Waals surface area contributed by atoms with Crippen LogP contribution in [0.3, 0.4) is 0 Å². The summed E-state index contributed by atoms with van der Waals surface area (Å²) in [6, 6.07) is 5.43. The van der Waals surface area contributed by atoms with Crippen molar-refractivity contribution in [2.75, 3.05) is 11.6 Å². The quantitative estimate of drug-likeness (QED) is 0.388. The molecule has 2 heterocycles. The highest BCUT2D eigenvalue weighted by Gasteiger charge is 2.22. The summed E-state index contributed by atoms with van der Waals surface area (Å²) in [6.45, 7) is 1.63. The van der Waals surface area contributed by atoms with Crippen LogP contribution in [0.5, 0.6) is 0 Å². The van der Waals surface area contributed by atoms with Crippen molar-refractivity contribution in [3.63, 3.8) is 0 Å². The summed E-state index contributed by atoms with van der Waals surface area (Å²) in [4.78, 5) is 22.1. The van der Waals surface area contributed by atoms with Gasteiger partial charge in [-0.05, 0) is 36.8 Å². The Morgan fingerprint density at radius 1 is 1.15 bits per heavy atom. The van der Waals surface area contributed by atoms with Crippen molar-refractivity contribution < 1.29 is 18.0 Å². The molecule has 3 aromatic rings. The van der Waals surface area contributed by atoms with E-state index in [-0.39, 0.29) is 5.56 Å². The van der Waals surface area contributed by atoms with Crippen molar-refractivity contribution in [2.45, 2.75) is 11.9 Å². The third kappa shape index (κ3) is 3.45. The zero-order valence-electron chi connectivity index (χ0n) is 13.6. The Kier molecular flexibility index (Phi) is 5.28.